The molecule has 5 heteroatoms. The average Bonchev–Trinajstić information content (AvgIpc) is 2.79. The highest BCUT2D eigenvalue weighted by Gasteiger charge is 2.43. The van der Waals surface area contributed by atoms with Gasteiger partial charge in [-0.2, -0.15) is 0 Å². The van der Waals surface area contributed by atoms with Crippen molar-refractivity contribution in [3.05, 3.63) is 24.0 Å². The SMILES string of the molecule is O=C(O)N1CCCC2(C=NC=C3C=CN=C32)C1. The molecule has 0 saturated carbocycles. The van der Waals surface area contributed by atoms with Crippen LogP contribution in [-0.2, 0) is 0 Å². The molecule has 17 heavy (non-hydrogen) atoms. The molecule has 0 bridgehead atoms. The molecular weight excluding hydrogens is 218 g/mol. The lowest BCUT2D eigenvalue weighted by Gasteiger charge is -2.40. The smallest absolute Gasteiger partial charge is 0.407 e. The Morgan fingerprint density at radius 2 is 2.41 bits per heavy atom. The molecule has 5 nitrogen and oxygen atoms in total. The van der Waals surface area contributed by atoms with Gasteiger partial charge in [-0.25, -0.2) is 4.79 Å². The zero-order valence-electron chi connectivity index (χ0n) is 9.33. The summed E-state index contributed by atoms with van der Waals surface area (Å²) in [5.41, 5.74) is 1.67. The Labute approximate surface area is 98.9 Å². The number of allylic oxidation sites excluding steroid dienone is 2. The first-order valence-corrected chi connectivity index (χ1v) is 5.69. The van der Waals surface area contributed by atoms with Gasteiger partial charge >= 0.3 is 6.09 Å². The number of likely N-dealkylation sites (tertiary alicyclic amines) is 1. The molecule has 0 radical (unpaired) electrons. The van der Waals surface area contributed by atoms with Crippen LogP contribution in [0, 0.1) is 5.41 Å². The van der Waals surface area contributed by atoms with Gasteiger partial charge in [-0.3, -0.25) is 9.98 Å². The van der Waals surface area contributed by atoms with E-state index in [0.29, 0.717) is 13.1 Å². The number of hydrogen-bond acceptors (Lipinski definition) is 3. The molecule has 1 saturated heterocycles. The Balaban J connectivity index is 1.94. The predicted molar refractivity (Wildman–Crippen MR) is 64.4 cm³/mol. The van der Waals surface area contributed by atoms with Gasteiger partial charge in [0, 0.05) is 37.3 Å². The number of amides is 1. The van der Waals surface area contributed by atoms with E-state index in [0.717, 1.165) is 24.1 Å². The van der Waals surface area contributed by atoms with Gasteiger partial charge in [0.05, 0.1) is 11.1 Å². The molecule has 0 aromatic carbocycles. The number of carboxylic acid groups (broad SMARTS) is 1. The van der Waals surface area contributed by atoms with Crippen LogP contribution in [0.25, 0.3) is 0 Å². The molecule has 0 aliphatic carbocycles. The quantitative estimate of drug-likeness (QED) is 0.689. The van der Waals surface area contributed by atoms with Crippen molar-refractivity contribution >= 4 is 18.0 Å². The molecule has 1 atom stereocenters. The van der Waals surface area contributed by atoms with Crippen molar-refractivity contribution in [3.8, 4) is 0 Å². The molecule has 3 aliphatic rings. The van der Waals surface area contributed by atoms with Crippen molar-refractivity contribution in [2.45, 2.75) is 12.8 Å². The standard InChI is InChI=1S/C12H13N3O2/c16-11(17)15-5-1-3-12(8-15)7-13-6-9-2-4-14-10(9)12/h2,4,6-7H,1,3,5,8H2,(H,16,17). The van der Waals surface area contributed by atoms with Crippen molar-refractivity contribution in [3.63, 3.8) is 0 Å². The van der Waals surface area contributed by atoms with Gasteiger partial charge in [-0.05, 0) is 18.9 Å². The summed E-state index contributed by atoms with van der Waals surface area (Å²) < 4.78 is 0. The highest BCUT2D eigenvalue weighted by molar-refractivity contribution is 6.17. The zero-order valence-corrected chi connectivity index (χ0v) is 9.33. The van der Waals surface area contributed by atoms with Gasteiger partial charge in [0.25, 0.3) is 0 Å². The van der Waals surface area contributed by atoms with Crippen LogP contribution >= 0.6 is 0 Å². The molecule has 1 fully saturated rings. The van der Waals surface area contributed by atoms with Gasteiger partial charge in [0.1, 0.15) is 0 Å². The molecular formula is C12H13N3O2. The van der Waals surface area contributed by atoms with E-state index < -0.39 is 6.09 Å². The molecule has 3 rings (SSSR count). The Kier molecular flexibility index (Phi) is 2.14. The highest BCUT2D eigenvalue weighted by Crippen LogP contribution is 2.37. The monoisotopic (exact) mass is 231 g/mol. The summed E-state index contributed by atoms with van der Waals surface area (Å²) in [5, 5.41) is 9.10. The normalized spacial score (nSPS) is 30.2. The average molecular weight is 231 g/mol. The summed E-state index contributed by atoms with van der Waals surface area (Å²) in [6, 6.07) is 0. The van der Waals surface area contributed by atoms with E-state index in [1.54, 1.807) is 12.4 Å². The molecule has 1 amide bonds. The van der Waals surface area contributed by atoms with Crippen molar-refractivity contribution in [2.75, 3.05) is 13.1 Å². The van der Waals surface area contributed by atoms with Crippen molar-refractivity contribution in [2.24, 2.45) is 15.4 Å². The van der Waals surface area contributed by atoms with Gasteiger partial charge < -0.3 is 10.0 Å². The van der Waals surface area contributed by atoms with E-state index in [4.69, 9.17) is 5.11 Å². The van der Waals surface area contributed by atoms with Crippen LogP contribution in [0.15, 0.2) is 34.0 Å². The lowest BCUT2D eigenvalue weighted by atomic mass is 9.74. The number of aliphatic imine (C=N–C) groups is 2. The van der Waals surface area contributed by atoms with E-state index >= 15 is 0 Å². The molecule has 0 aromatic heterocycles. The fourth-order valence-corrected chi connectivity index (χ4v) is 2.73. The number of fused-ring (bicyclic) bond motifs is 2. The number of piperidine rings is 1. The van der Waals surface area contributed by atoms with Crippen molar-refractivity contribution < 1.29 is 9.90 Å². The number of hydrogen-bond donors (Lipinski definition) is 1. The fourth-order valence-electron chi connectivity index (χ4n) is 2.73. The summed E-state index contributed by atoms with van der Waals surface area (Å²) in [7, 11) is 0. The summed E-state index contributed by atoms with van der Waals surface area (Å²) in [4.78, 5) is 21.2. The van der Waals surface area contributed by atoms with E-state index in [1.165, 1.54) is 4.90 Å². The largest absolute Gasteiger partial charge is 0.465 e. The Morgan fingerprint density at radius 1 is 1.53 bits per heavy atom. The molecule has 1 N–H and O–H groups in total. The highest BCUT2D eigenvalue weighted by atomic mass is 16.4. The number of carbonyl (C=O) groups is 1. The minimum atomic E-state index is -0.861. The Hall–Kier alpha value is -1.91. The molecule has 1 spiro atoms. The first kappa shape index (κ1) is 10.3. The van der Waals surface area contributed by atoms with Crippen LogP contribution in [-0.4, -0.2) is 41.1 Å². The molecule has 3 aliphatic heterocycles. The third-order valence-electron chi connectivity index (χ3n) is 3.53. The summed E-state index contributed by atoms with van der Waals surface area (Å²) >= 11 is 0. The summed E-state index contributed by atoms with van der Waals surface area (Å²) in [5.74, 6) is 0. The van der Waals surface area contributed by atoms with Crippen LogP contribution in [0.2, 0.25) is 0 Å². The second-order valence-electron chi connectivity index (χ2n) is 4.62. The maximum atomic E-state index is 11.1. The Morgan fingerprint density at radius 3 is 3.24 bits per heavy atom. The first-order valence-electron chi connectivity index (χ1n) is 5.69. The van der Waals surface area contributed by atoms with E-state index in [2.05, 4.69) is 9.98 Å². The summed E-state index contributed by atoms with van der Waals surface area (Å²) in [6.07, 6.45) is 8.23. The van der Waals surface area contributed by atoms with Crippen LogP contribution in [0.1, 0.15) is 12.8 Å². The fraction of sp³-hybridized carbons (Fsp3) is 0.417. The maximum absolute atomic E-state index is 11.1. The lowest BCUT2D eigenvalue weighted by Crippen LogP contribution is -2.51. The molecule has 88 valence electrons. The van der Waals surface area contributed by atoms with Gasteiger partial charge in [0.2, 0.25) is 0 Å². The van der Waals surface area contributed by atoms with Crippen LogP contribution < -0.4 is 0 Å². The van der Waals surface area contributed by atoms with Gasteiger partial charge in [-0.1, -0.05) is 0 Å². The topological polar surface area (TPSA) is 65.3 Å². The summed E-state index contributed by atoms with van der Waals surface area (Å²) in [6.45, 7) is 1.06. The second kappa shape index (κ2) is 3.55. The van der Waals surface area contributed by atoms with E-state index in [9.17, 15) is 4.79 Å². The minimum Gasteiger partial charge on any atom is -0.465 e. The van der Waals surface area contributed by atoms with Crippen LogP contribution in [0.5, 0.6) is 0 Å². The predicted octanol–water partition coefficient (Wildman–Crippen LogP) is 1.68. The minimum absolute atomic E-state index is 0.315. The van der Waals surface area contributed by atoms with Crippen molar-refractivity contribution in [1.29, 1.82) is 0 Å². The lowest BCUT2D eigenvalue weighted by molar-refractivity contribution is 0.122. The maximum Gasteiger partial charge on any atom is 0.407 e. The van der Waals surface area contributed by atoms with Crippen molar-refractivity contribution in [1.82, 2.24) is 4.90 Å². The Bertz CT molecular complexity index is 490. The van der Waals surface area contributed by atoms with Gasteiger partial charge in [0.15, 0.2) is 0 Å². The number of rotatable bonds is 0. The second-order valence-corrected chi connectivity index (χ2v) is 4.62. The van der Waals surface area contributed by atoms with E-state index in [1.807, 2.05) is 12.3 Å². The van der Waals surface area contributed by atoms with Crippen LogP contribution in [0.3, 0.4) is 0 Å². The number of nitrogens with zero attached hydrogens (tertiary/aromatic N) is 3. The van der Waals surface area contributed by atoms with Gasteiger partial charge in [-0.15, -0.1) is 0 Å². The first-order chi connectivity index (χ1) is 8.21. The zero-order chi connectivity index (χ0) is 11.9. The molecule has 0 aromatic rings. The third-order valence-corrected chi connectivity index (χ3v) is 3.53. The molecule has 1 unspecified atom stereocenters. The van der Waals surface area contributed by atoms with Crippen LogP contribution in [0.4, 0.5) is 4.79 Å². The molecule has 3 heterocycles. The third kappa shape index (κ3) is 1.50. The van der Waals surface area contributed by atoms with E-state index in [-0.39, 0.29) is 5.41 Å².